The number of hydrogen-bond acceptors (Lipinski definition) is 4. The van der Waals surface area contributed by atoms with Crippen molar-refractivity contribution in [1.82, 2.24) is 14.5 Å². The summed E-state index contributed by atoms with van der Waals surface area (Å²) >= 11 is 0. The van der Waals surface area contributed by atoms with Crippen molar-refractivity contribution >= 4 is 22.5 Å². The topological polar surface area (TPSA) is 54.2 Å². The molecule has 0 saturated carbocycles. The first kappa shape index (κ1) is 19.4. The second kappa shape index (κ2) is 8.53. The Balaban J connectivity index is 2.05. The second-order valence-electron chi connectivity index (χ2n) is 7.44. The summed E-state index contributed by atoms with van der Waals surface area (Å²) in [6.45, 7) is 6.70. The third-order valence-corrected chi connectivity index (χ3v) is 5.26. The van der Waals surface area contributed by atoms with Gasteiger partial charge in [-0.15, -0.1) is 0 Å². The van der Waals surface area contributed by atoms with Gasteiger partial charge in [0.2, 0.25) is 0 Å². The Kier molecular flexibility index (Phi) is 6.11. The van der Waals surface area contributed by atoms with E-state index in [1.807, 2.05) is 31.6 Å². The van der Waals surface area contributed by atoms with Crippen molar-refractivity contribution in [3.05, 3.63) is 48.4 Å². The Bertz CT molecular complexity index is 869. The van der Waals surface area contributed by atoms with E-state index < -0.39 is 0 Å². The summed E-state index contributed by atoms with van der Waals surface area (Å²) in [4.78, 5) is 11.7. The van der Waals surface area contributed by atoms with Crippen LogP contribution in [0.1, 0.15) is 45.3 Å². The Morgan fingerprint density at radius 3 is 2.56 bits per heavy atom. The van der Waals surface area contributed by atoms with E-state index in [4.69, 9.17) is 4.98 Å². The number of aromatic nitrogens is 3. The van der Waals surface area contributed by atoms with E-state index in [0.29, 0.717) is 12.0 Å². The first-order valence-electron chi connectivity index (χ1n) is 9.81. The summed E-state index contributed by atoms with van der Waals surface area (Å²) < 4.78 is 2.20. The predicted molar refractivity (Wildman–Crippen MR) is 112 cm³/mol. The average molecular weight is 367 g/mol. The van der Waals surface area contributed by atoms with Gasteiger partial charge in [0, 0.05) is 31.1 Å². The van der Waals surface area contributed by atoms with Gasteiger partial charge in [-0.25, -0.2) is 9.97 Å². The molecule has 3 rings (SSSR count). The maximum atomic E-state index is 9.51. The Hall–Kier alpha value is -2.40. The molecule has 0 aliphatic rings. The van der Waals surface area contributed by atoms with Gasteiger partial charge in [0.1, 0.15) is 5.52 Å². The summed E-state index contributed by atoms with van der Waals surface area (Å²) in [5.41, 5.74) is 4.18. The van der Waals surface area contributed by atoms with Crippen molar-refractivity contribution in [2.45, 2.75) is 46.1 Å². The molecule has 5 nitrogen and oxygen atoms in total. The number of rotatable bonds is 8. The molecule has 0 radical (unpaired) electrons. The highest BCUT2D eigenvalue weighted by atomic mass is 16.3. The minimum atomic E-state index is 0.236. The number of aliphatic hydroxyl groups excluding tert-OH is 1. The highest BCUT2D eigenvalue weighted by molar-refractivity contribution is 5.89. The van der Waals surface area contributed by atoms with Gasteiger partial charge >= 0.3 is 0 Å². The van der Waals surface area contributed by atoms with Crippen molar-refractivity contribution in [2.75, 3.05) is 18.6 Å². The third-order valence-electron chi connectivity index (χ3n) is 5.26. The maximum absolute atomic E-state index is 9.51. The molecule has 0 aliphatic heterocycles. The van der Waals surface area contributed by atoms with Crippen LogP contribution in [0.5, 0.6) is 0 Å². The summed E-state index contributed by atoms with van der Waals surface area (Å²) in [7, 11) is 2.04. The average Bonchev–Trinajstić information content (AvgIpc) is 3.12. The number of nitrogens with zero attached hydrogens (tertiary/aromatic N) is 4. The molecular formula is C22H30N4O. The van der Waals surface area contributed by atoms with Crippen LogP contribution in [-0.4, -0.2) is 33.3 Å². The highest BCUT2D eigenvalue weighted by Gasteiger charge is 2.17. The molecule has 1 atom stereocenters. The number of fused-ring (bicyclic) bond motifs is 1. The summed E-state index contributed by atoms with van der Waals surface area (Å²) in [6, 6.07) is 12.7. The molecule has 1 N–H and O–H groups in total. The second-order valence-corrected chi connectivity index (χ2v) is 7.44. The van der Waals surface area contributed by atoms with Crippen molar-refractivity contribution in [2.24, 2.45) is 5.92 Å². The Morgan fingerprint density at radius 1 is 1.19 bits per heavy atom. The highest BCUT2D eigenvalue weighted by Crippen LogP contribution is 2.31. The van der Waals surface area contributed by atoms with Crippen LogP contribution < -0.4 is 4.90 Å². The Morgan fingerprint density at radius 2 is 1.93 bits per heavy atom. The molecule has 0 saturated heterocycles. The SMILES string of the molecule is CCC(CO)CCc1cc2c(ncn2C(C)C)c(N(C)c2ccccc2)n1. The molecule has 1 unspecified atom stereocenters. The zero-order chi connectivity index (χ0) is 19.4. The van der Waals surface area contributed by atoms with Crippen molar-refractivity contribution < 1.29 is 5.11 Å². The molecule has 0 spiro atoms. The van der Waals surface area contributed by atoms with E-state index in [1.54, 1.807) is 0 Å². The van der Waals surface area contributed by atoms with Gasteiger partial charge < -0.3 is 14.6 Å². The zero-order valence-corrected chi connectivity index (χ0v) is 16.8. The van der Waals surface area contributed by atoms with Gasteiger partial charge in [-0.3, -0.25) is 0 Å². The number of hydrogen-bond donors (Lipinski definition) is 1. The first-order chi connectivity index (χ1) is 13.0. The summed E-state index contributed by atoms with van der Waals surface area (Å²) in [5, 5.41) is 9.51. The first-order valence-corrected chi connectivity index (χ1v) is 9.81. The molecule has 3 aromatic rings. The molecule has 0 aliphatic carbocycles. The van der Waals surface area contributed by atoms with Crippen LogP contribution in [0.15, 0.2) is 42.7 Å². The lowest BCUT2D eigenvalue weighted by Crippen LogP contribution is -2.14. The van der Waals surface area contributed by atoms with Gasteiger partial charge in [0.25, 0.3) is 0 Å². The fraction of sp³-hybridized carbons (Fsp3) is 0.455. The molecule has 0 amide bonds. The van der Waals surface area contributed by atoms with Crippen LogP contribution in [0.25, 0.3) is 11.0 Å². The van der Waals surface area contributed by atoms with Crippen LogP contribution in [0.3, 0.4) is 0 Å². The van der Waals surface area contributed by atoms with Crippen LogP contribution >= 0.6 is 0 Å². The van der Waals surface area contributed by atoms with Gasteiger partial charge in [-0.2, -0.15) is 0 Å². The lowest BCUT2D eigenvalue weighted by molar-refractivity contribution is 0.215. The molecule has 144 valence electrons. The van der Waals surface area contributed by atoms with Crippen molar-refractivity contribution in [1.29, 1.82) is 0 Å². The number of aliphatic hydroxyl groups is 1. The molecule has 5 heteroatoms. The molecule has 0 fully saturated rings. The van der Waals surface area contributed by atoms with E-state index >= 15 is 0 Å². The molecule has 1 aromatic carbocycles. The number of aryl methyl sites for hydroxylation is 1. The van der Waals surface area contributed by atoms with Crippen LogP contribution in [0.2, 0.25) is 0 Å². The summed E-state index contributed by atoms with van der Waals surface area (Å²) in [6.07, 6.45) is 4.69. The largest absolute Gasteiger partial charge is 0.396 e. The van der Waals surface area contributed by atoms with Gasteiger partial charge in [0.15, 0.2) is 5.82 Å². The lowest BCUT2D eigenvalue weighted by Gasteiger charge is -2.20. The lowest BCUT2D eigenvalue weighted by atomic mass is 10.00. The van der Waals surface area contributed by atoms with Crippen molar-refractivity contribution in [3.8, 4) is 0 Å². The smallest absolute Gasteiger partial charge is 0.161 e. The number of para-hydroxylation sites is 1. The quantitative estimate of drug-likeness (QED) is 0.626. The third kappa shape index (κ3) is 4.14. The minimum Gasteiger partial charge on any atom is -0.396 e. The monoisotopic (exact) mass is 366 g/mol. The standard InChI is InChI=1S/C22H30N4O/c1-5-17(14-27)11-12-18-13-20-21(23-15-26(20)16(2)3)22(24-18)25(4)19-9-7-6-8-10-19/h6-10,13,15-17,27H,5,11-12,14H2,1-4H3. The zero-order valence-electron chi connectivity index (χ0n) is 16.8. The van der Waals surface area contributed by atoms with Gasteiger partial charge in [-0.1, -0.05) is 31.5 Å². The number of pyridine rings is 1. The summed E-state index contributed by atoms with van der Waals surface area (Å²) in [5.74, 6) is 1.21. The van der Waals surface area contributed by atoms with E-state index in [2.05, 4.69) is 53.4 Å². The molecule has 27 heavy (non-hydrogen) atoms. The maximum Gasteiger partial charge on any atom is 0.161 e. The van der Waals surface area contributed by atoms with Crippen LogP contribution in [0, 0.1) is 5.92 Å². The fourth-order valence-electron chi connectivity index (χ4n) is 3.39. The normalized spacial score (nSPS) is 12.7. The number of imidazole rings is 1. The Labute approximate surface area is 161 Å². The van der Waals surface area contributed by atoms with Crippen LogP contribution in [0.4, 0.5) is 11.5 Å². The van der Waals surface area contributed by atoms with E-state index in [0.717, 1.165) is 47.5 Å². The predicted octanol–water partition coefficient (Wildman–Crippen LogP) is 4.73. The van der Waals surface area contributed by atoms with E-state index in [-0.39, 0.29) is 6.61 Å². The molecule has 2 aromatic heterocycles. The fourth-order valence-corrected chi connectivity index (χ4v) is 3.39. The number of benzene rings is 1. The van der Waals surface area contributed by atoms with E-state index in [1.165, 1.54) is 0 Å². The minimum absolute atomic E-state index is 0.236. The van der Waals surface area contributed by atoms with Gasteiger partial charge in [0.05, 0.1) is 11.8 Å². The molecule has 2 heterocycles. The van der Waals surface area contributed by atoms with E-state index in [9.17, 15) is 5.11 Å². The van der Waals surface area contributed by atoms with Crippen LogP contribution in [-0.2, 0) is 6.42 Å². The number of anilines is 2. The van der Waals surface area contributed by atoms with Crippen molar-refractivity contribution in [3.63, 3.8) is 0 Å². The van der Waals surface area contributed by atoms with Gasteiger partial charge in [-0.05, 0) is 50.8 Å². The molecular weight excluding hydrogens is 336 g/mol. The molecule has 0 bridgehead atoms.